The molecule has 2 N–H and O–H groups in total. The van der Waals surface area contributed by atoms with Crippen molar-refractivity contribution in [3.63, 3.8) is 0 Å². The molecule has 6 nitrogen and oxygen atoms in total. The summed E-state index contributed by atoms with van der Waals surface area (Å²) in [5.41, 5.74) is 0.752. The number of imidazole rings is 1. The average molecular weight is 450 g/mol. The quantitative estimate of drug-likeness (QED) is 0.611. The fourth-order valence-electron chi connectivity index (χ4n) is 3.82. The van der Waals surface area contributed by atoms with Crippen LogP contribution >= 0.6 is 11.3 Å². The number of nitrogens with zero attached hydrogens (tertiary/aromatic N) is 3. The molecule has 31 heavy (non-hydrogen) atoms. The van der Waals surface area contributed by atoms with Gasteiger partial charge in [-0.25, -0.2) is 9.97 Å². The Hall–Kier alpha value is -2.72. The molecule has 1 aliphatic carbocycles. The van der Waals surface area contributed by atoms with Gasteiger partial charge >= 0.3 is 6.18 Å². The van der Waals surface area contributed by atoms with Crippen molar-refractivity contribution in [3.05, 3.63) is 52.9 Å². The van der Waals surface area contributed by atoms with Crippen LogP contribution in [0.25, 0.3) is 11.3 Å². The summed E-state index contributed by atoms with van der Waals surface area (Å²) in [5, 5.41) is 14.6. The fraction of sp³-hybridized carbons (Fsp3) is 0.381. The Bertz CT molecular complexity index is 1110. The number of aromatic nitrogens is 3. The van der Waals surface area contributed by atoms with Crippen LogP contribution in [-0.2, 0) is 30.3 Å². The van der Waals surface area contributed by atoms with Crippen molar-refractivity contribution in [2.45, 2.75) is 43.9 Å². The zero-order valence-corrected chi connectivity index (χ0v) is 17.6. The van der Waals surface area contributed by atoms with E-state index in [-0.39, 0.29) is 5.13 Å². The van der Waals surface area contributed by atoms with Crippen LogP contribution in [0.3, 0.4) is 0 Å². The Balaban J connectivity index is 1.50. The van der Waals surface area contributed by atoms with Gasteiger partial charge in [0.1, 0.15) is 0 Å². The second-order valence-electron chi connectivity index (χ2n) is 7.67. The lowest BCUT2D eigenvalue weighted by Gasteiger charge is -2.29. The van der Waals surface area contributed by atoms with Gasteiger partial charge < -0.3 is 15.0 Å². The number of halogens is 3. The third-order valence-corrected chi connectivity index (χ3v) is 6.23. The lowest BCUT2D eigenvalue weighted by molar-refractivity contribution is -0.270. The molecule has 1 amide bonds. The van der Waals surface area contributed by atoms with Crippen LogP contribution in [0, 0.1) is 0 Å². The summed E-state index contributed by atoms with van der Waals surface area (Å²) in [6, 6.07) is 6.13. The van der Waals surface area contributed by atoms with Crippen molar-refractivity contribution >= 4 is 22.4 Å². The van der Waals surface area contributed by atoms with E-state index < -0.39 is 29.9 Å². The maximum atomic E-state index is 13.6. The number of amides is 1. The van der Waals surface area contributed by atoms with Crippen LogP contribution in [0.2, 0.25) is 0 Å². The predicted octanol–water partition coefficient (Wildman–Crippen LogP) is 4.20. The summed E-state index contributed by atoms with van der Waals surface area (Å²) in [5.74, 6) is -1.65. The number of anilines is 1. The maximum Gasteiger partial charge on any atom is 0.425 e. The molecule has 0 spiro atoms. The zero-order valence-electron chi connectivity index (χ0n) is 16.7. The molecule has 1 aliphatic rings. The summed E-state index contributed by atoms with van der Waals surface area (Å²) >= 11 is 1.12. The second kappa shape index (κ2) is 8.08. The molecule has 1 aromatic carbocycles. The van der Waals surface area contributed by atoms with Crippen LogP contribution in [0.5, 0.6) is 0 Å². The zero-order chi connectivity index (χ0) is 22.2. The molecule has 10 heteroatoms. The molecule has 0 bridgehead atoms. The van der Waals surface area contributed by atoms with Crippen LogP contribution < -0.4 is 5.32 Å². The Morgan fingerprint density at radius 3 is 2.68 bits per heavy atom. The highest BCUT2D eigenvalue weighted by Crippen LogP contribution is 2.41. The van der Waals surface area contributed by atoms with Gasteiger partial charge in [0.05, 0.1) is 12.1 Å². The third kappa shape index (κ3) is 4.22. The Morgan fingerprint density at radius 2 is 2.00 bits per heavy atom. The molecular formula is C21H21F3N4O2S. The van der Waals surface area contributed by atoms with Crippen LogP contribution in [0.15, 0.2) is 36.0 Å². The van der Waals surface area contributed by atoms with Gasteiger partial charge in [-0.15, -0.1) is 11.3 Å². The first-order valence-corrected chi connectivity index (χ1v) is 10.7. The molecular weight excluding hydrogens is 429 g/mol. The number of carbonyl (C=O) groups excluding carboxylic acids is 1. The molecule has 0 aliphatic heterocycles. The van der Waals surface area contributed by atoms with E-state index in [0.29, 0.717) is 5.69 Å². The summed E-state index contributed by atoms with van der Waals surface area (Å²) in [4.78, 5) is 20.3. The van der Waals surface area contributed by atoms with E-state index >= 15 is 0 Å². The number of thiazole rings is 1. The summed E-state index contributed by atoms with van der Waals surface area (Å²) in [7, 11) is 1.32. The SMILES string of the molecule is Cn1ccnc1C(O)(CC(=O)Nc1nc(-c2ccc3c(c2)CCCC3)cs1)C(F)(F)F. The Morgan fingerprint density at radius 1 is 1.26 bits per heavy atom. The van der Waals surface area contributed by atoms with Gasteiger partial charge in [-0.2, -0.15) is 13.2 Å². The monoisotopic (exact) mass is 450 g/mol. The number of hydrogen-bond donors (Lipinski definition) is 2. The summed E-state index contributed by atoms with van der Waals surface area (Å²) < 4.78 is 41.9. The minimum absolute atomic E-state index is 0.169. The number of hydrogen-bond acceptors (Lipinski definition) is 5. The van der Waals surface area contributed by atoms with Crippen LogP contribution in [-0.4, -0.2) is 31.7 Å². The largest absolute Gasteiger partial charge is 0.425 e. The van der Waals surface area contributed by atoms with E-state index in [2.05, 4.69) is 27.4 Å². The van der Waals surface area contributed by atoms with Gasteiger partial charge in [0.2, 0.25) is 11.5 Å². The van der Waals surface area contributed by atoms with Crippen molar-refractivity contribution in [1.82, 2.24) is 14.5 Å². The first-order valence-electron chi connectivity index (χ1n) is 9.82. The number of aliphatic hydroxyl groups is 1. The second-order valence-corrected chi connectivity index (χ2v) is 8.53. The van der Waals surface area contributed by atoms with E-state index in [4.69, 9.17) is 0 Å². The molecule has 0 fully saturated rings. The highest BCUT2D eigenvalue weighted by atomic mass is 32.1. The van der Waals surface area contributed by atoms with E-state index in [1.807, 2.05) is 6.07 Å². The molecule has 0 radical (unpaired) electrons. The minimum Gasteiger partial charge on any atom is -0.374 e. The molecule has 1 atom stereocenters. The normalized spacial score (nSPS) is 15.9. The van der Waals surface area contributed by atoms with Gasteiger partial charge in [0.15, 0.2) is 11.0 Å². The van der Waals surface area contributed by atoms with E-state index in [9.17, 15) is 23.1 Å². The molecule has 2 heterocycles. The number of alkyl halides is 3. The standard InChI is InChI=1S/C21H21F3N4O2S/c1-28-9-8-25-18(28)20(30,21(22,23)24)11-17(29)27-19-26-16(12-31-19)15-7-6-13-4-2-3-5-14(13)10-15/h6-10,12,30H,2-5,11H2,1H3,(H,26,27,29). The number of carbonyl (C=O) groups is 1. The summed E-state index contributed by atoms with van der Waals surface area (Å²) in [6.07, 6.45) is 0.502. The van der Waals surface area contributed by atoms with Crippen molar-refractivity contribution < 1.29 is 23.1 Å². The molecule has 0 saturated heterocycles. The maximum absolute atomic E-state index is 13.6. The number of rotatable bonds is 5. The van der Waals surface area contributed by atoms with Crippen molar-refractivity contribution in [2.24, 2.45) is 7.05 Å². The minimum atomic E-state index is -5.08. The third-order valence-electron chi connectivity index (χ3n) is 5.47. The highest BCUT2D eigenvalue weighted by Gasteiger charge is 2.58. The van der Waals surface area contributed by atoms with Crippen LogP contribution in [0.4, 0.5) is 18.3 Å². The van der Waals surface area contributed by atoms with Crippen molar-refractivity contribution in [2.75, 3.05) is 5.32 Å². The number of aryl methyl sites for hydroxylation is 3. The lowest BCUT2D eigenvalue weighted by Crippen LogP contribution is -2.46. The van der Waals surface area contributed by atoms with Crippen molar-refractivity contribution in [3.8, 4) is 11.3 Å². The number of nitrogens with one attached hydrogen (secondary N) is 1. The predicted molar refractivity (Wildman–Crippen MR) is 111 cm³/mol. The van der Waals surface area contributed by atoms with Crippen molar-refractivity contribution in [1.29, 1.82) is 0 Å². The van der Waals surface area contributed by atoms with E-state index in [1.54, 1.807) is 5.38 Å². The topological polar surface area (TPSA) is 80.0 Å². The Kier molecular flexibility index (Phi) is 5.61. The smallest absolute Gasteiger partial charge is 0.374 e. The first-order chi connectivity index (χ1) is 14.7. The average Bonchev–Trinajstić information content (AvgIpc) is 3.35. The molecule has 3 aromatic rings. The molecule has 164 valence electrons. The first kappa shape index (κ1) is 21.5. The van der Waals surface area contributed by atoms with Crippen LogP contribution in [0.1, 0.15) is 36.2 Å². The van der Waals surface area contributed by atoms with E-state index in [1.165, 1.54) is 30.8 Å². The molecule has 0 saturated carbocycles. The van der Waals surface area contributed by atoms with Gasteiger partial charge in [0, 0.05) is 30.4 Å². The van der Waals surface area contributed by atoms with Gasteiger partial charge in [-0.05, 0) is 42.9 Å². The van der Waals surface area contributed by atoms with Gasteiger partial charge in [0.25, 0.3) is 0 Å². The summed E-state index contributed by atoms with van der Waals surface area (Å²) in [6.45, 7) is 0. The molecule has 4 rings (SSSR count). The highest BCUT2D eigenvalue weighted by molar-refractivity contribution is 7.14. The number of benzene rings is 1. The van der Waals surface area contributed by atoms with E-state index in [0.717, 1.165) is 46.9 Å². The fourth-order valence-corrected chi connectivity index (χ4v) is 4.56. The lowest BCUT2D eigenvalue weighted by atomic mass is 9.90. The Labute approximate surface area is 180 Å². The molecule has 2 aromatic heterocycles. The number of fused-ring (bicyclic) bond motifs is 1. The van der Waals surface area contributed by atoms with Gasteiger partial charge in [-0.3, -0.25) is 4.79 Å². The van der Waals surface area contributed by atoms with Gasteiger partial charge in [-0.1, -0.05) is 12.1 Å². The molecule has 1 unspecified atom stereocenters.